The van der Waals surface area contributed by atoms with E-state index >= 15 is 0 Å². The average Bonchev–Trinajstić information content (AvgIpc) is 3.09. The van der Waals surface area contributed by atoms with Gasteiger partial charge in [-0.25, -0.2) is 9.59 Å². The van der Waals surface area contributed by atoms with Gasteiger partial charge in [-0.05, 0) is 69.1 Å². The van der Waals surface area contributed by atoms with E-state index < -0.39 is 11.9 Å². The molecule has 0 unspecified atom stereocenters. The molecule has 0 bridgehead atoms. The maximum atomic E-state index is 12.1. The molecule has 0 aliphatic heterocycles. The Bertz CT molecular complexity index is 1850. The van der Waals surface area contributed by atoms with E-state index in [-0.39, 0.29) is 13.2 Å². The van der Waals surface area contributed by atoms with E-state index in [0.717, 1.165) is 43.8 Å². The van der Waals surface area contributed by atoms with Crippen molar-refractivity contribution in [1.29, 1.82) is 0 Å². The number of carbonyl (C=O) groups excluding carboxylic acids is 2. The summed E-state index contributed by atoms with van der Waals surface area (Å²) in [7, 11) is 2.74. The van der Waals surface area contributed by atoms with Crippen LogP contribution in [0.2, 0.25) is 0 Å². The summed E-state index contributed by atoms with van der Waals surface area (Å²) in [6, 6.07) is 38.9. The molecule has 0 saturated carbocycles. The van der Waals surface area contributed by atoms with Gasteiger partial charge in [-0.3, -0.25) is 0 Å². The number of benzene rings is 6. The number of hydrogen-bond donors (Lipinski definition) is 0. The standard InChI is InChI=1S/C38H30O6/c1-41-37(39)29-13-7-9-25(21-29)23-43-33-19-17-27-11-3-5-15-31(27)35(33)36-32-16-6-4-12-28(32)18-20-34(36)44-24-26-10-8-14-30(22-26)38(40)42-2/h3-22H,23-24H2,1-2H3. The Hall–Kier alpha value is -5.62. The zero-order chi connectivity index (χ0) is 30.5. The number of hydrogen-bond acceptors (Lipinski definition) is 6. The molecular weight excluding hydrogens is 552 g/mol. The Kier molecular flexibility index (Phi) is 8.23. The van der Waals surface area contributed by atoms with E-state index in [9.17, 15) is 9.59 Å². The molecule has 0 N–H and O–H groups in total. The molecule has 44 heavy (non-hydrogen) atoms. The highest BCUT2D eigenvalue weighted by molar-refractivity contribution is 6.09. The van der Waals surface area contributed by atoms with Crippen molar-refractivity contribution in [2.45, 2.75) is 13.2 Å². The first-order valence-electron chi connectivity index (χ1n) is 14.2. The van der Waals surface area contributed by atoms with E-state index in [1.807, 2.05) is 72.8 Å². The summed E-state index contributed by atoms with van der Waals surface area (Å²) in [6.45, 7) is 0.495. The summed E-state index contributed by atoms with van der Waals surface area (Å²) < 4.78 is 22.8. The molecule has 6 rings (SSSR count). The molecule has 0 heterocycles. The van der Waals surface area contributed by atoms with Gasteiger partial charge in [-0.1, -0.05) is 84.9 Å². The molecule has 0 spiro atoms. The Morgan fingerprint density at radius 3 is 1.36 bits per heavy atom. The Morgan fingerprint density at radius 1 is 0.500 bits per heavy atom. The number of fused-ring (bicyclic) bond motifs is 2. The third-order valence-electron chi connectivity index (χ3n) is 7.52. The zero-order valence-electron chi connectivity index (χ0n) is 24.4. The van der Waals surface area contributed by atoms with E-state index in [1.165, 1.54) is 14.2 Å². The van der Waals surface area contributed by atoms with Gasteiger partial charge in [0.05, 0.1) is 25.3 Å². The third kappa shape index (κ3) is 5.83. The molecule has 0 aromatic heterocycles. The summed E-state index contributed by atoms with van der Waals surface area (Å²) >= 11 is 0. The zero-order valence-corrected chi connectivity index (χ0v) is 24.4. The summed E-state index contributed by atoms with van der Waals surface area (Å²) in [5.41, 5.74) is 4.42. The fraction of sp³-hybridized carbons (Fsp3) is 0.105. The third-order valence-corrected chi connectivity index (χ3v) is 7.52. The number of esters is 2. The first kappa shape index (κ1) is 28.5. The van der Waals surface area contributed by atoms with Crippen LogP contribution in [0.3, 0.4) is 0 Å². The molecule has 0 radical (unpaired) electrons. The topological polar surface area (TPSA) is 71.1 Å². The molecular formula is C38H30O6. The average molecular weight is 583 g/mol. The van der Waals surface area contributed by atoms with Crippen LogP contribution in [0.4, 0.5) is 0 Å². The van der Waals surface area contributed by atoms with Crippen molar-refractivity contribution in [3.05, 3.63) is 144 Å². The smallest absolute Gasteiger partial charge is 0.337 e. The van der Waals surface area contributed by atoms with Gasteiger partial charge >= 0.3 is 11.9 Å². The molecule has 0 atom stereocenters. The lowest BCUT2D eigenvalue weighted by Crippen LogP contribution is -2.04. The van der Waals surface area contributed by atoms with Crippen LogP contribution in [0.25, 0.3) is 32.7 Å². The fourth-order valence-electron chi connectivity index (χ4n) is 5.39. The lowest BCUT2D eigenvalue weighted by atomic mass is 9.92. The lowest BCUT2D eigenvalue weighted by molar-refractivity contribution is 0.0591. The molecule has 6 nitrogen and oxygen atoms in total. The molecule has 6 aromatic rings. The van der Waals surface area contributed by atoms with Crippen molar-refractivity contribution in [1.82, 2.24) is 0 Å². The van der Waals surface area contributed by atoms with Crippen LogP contribution in [-0.2, 0) is 22.7 Å². The van der Waals surface area contributed by atoms with E-state index in [2.05, 4.69) is 24.3 Å². The van der Waals surface area contributed by atoms with Crippen LogP contribution in [-0.4, -0.2) is 26.2 Å². The highest BCUT2D eigenvalue weighted by Gasteiger charge is 2.20. The number of ether oxygens (including phenoxy) is 4. The van der Waals surface area contributed by atoms with Gasteiger partial charge in [0, 0.05) is 11.1 Å². The Balaban J connectivity index is 1.45. The van der Waals surface area contributed by atoms with Crippen LogP contribution in [0.1, 0.15) is 31.8 Å². The molecule has 218 valence electrons. The molecule has 6 heteroatoms. The molecule has 0 amide bonds. The van der Waals surface area contributed by atoms with E-state index in [0.29, 0.717) is 22.6 Å². The summed E-state index contributed by atoms with van der Waals surface area (Å²) in [5.74, 6) is 0.572. The molecule has 0 saturated heterocycles. The van der Waals surface area contributed by atoms with Crippen molar-refractivity contribution >= 4 is 33.5 Å². The van der Waals surface area contributed by atoms with Crippen LogP contribution < -0.4 is 9.47 Å². The summed E-state index contributed by atoms with van der Waals surface area (Å²) in [6.07, 6.45) is 0. The van der Waals surface area contributed by atoms with Gasteiger partial charge in [0.2, 0.25) is 0 Å². The number of methoxy groups -OCH3 is 2. The second-order valence-corrected chi connectivity index (χ2v) is 10.3. The predicted octanol–water partition coefficient (Wildman–Crippen LogP) is 8.39. The summed E-state index contributed by atoms with van der Waals surface area (Å²) in [4.78, 5) is 24.2. The predicted molar refractivity (Wildman–Crippen MR) is 171 cm³/mol. The molecule has 0 fully saturated rings. The quantitative estimate of drug-likeness (QED) is 0.160. The minimum atomic E-state index is -0.395. The minimum Gasteiger partial charge on any atom is -0.488 e. The first-order chi connectivity index (χ1) is 21.6. The fourth-order valence-corrected chi connectivity index (χ4v) is 5.39. The first-order valence-corrected chi connectivity index (χ1v) is 14.2. The van der Waals surface area contributed by atoms with Crippen molar-refractivity contribution in [2.24, 2.45) is 0 Å². The highest BCUT2D eigenvalue weighted by Crippen LogP contribution is 2.46. The van der Waals surface area contributed by atoms with Gasteiger partial charge in [-0.15, -0.1) is 0 Å². The summed E-state index contributed by atoms with van der Waals surface area (Å²) in [5, 5.41) is 4.16. The lowest BCUT2D eigenvalue weighted by Gasteiger charge is -2.20. The maximum Gasteiger partial charge on any atom is 0.337 e. The second kappa shape index (κ2) is 12.7. The van der Waals surface area contributed by atoms with Crippen molar-refractivity contribution in [3.63, 3.8) is 0 Å². The van der Waals surface area contributed by atoms with Crippen molar-refractivity contribution in [2.75, 3.05) is 14.2 Å². The minimum absolute atomic E-state index is 0.247. The number of carbonyl (C=O) groups is 2. The van der Waals surface area contributed by atoms with Gasteiger partial charge in [0.1, 0.15) is 24.7 Å². The van der Waals surface area contributed by atoms with Crippen LogP contribution in [0.15, 0.2) is 121 Å². The van der Waals surface area contributed by atoms with Gasteiger partial charge in [-0.2, -0.15) is 0 Å². The maximum absolute atomic E-state index is 12.1. The second-order valence-electron chi connectivity index (χ2n) is 10.3. The SMILES string of the molecule is COC(=O)c1cccc(COc2ccc3ccccc3c2-c2c(OCc3cccc(C(=O)OC)c3)ccc3ccccc23)c1. The van der Waals surface area contributed by atoms with Gasteiger partial charge in [0.15, 0.2) is 0 Å². The molecule has 0 aliphatic carbocycles. The van der Waals surface area contributed by atoms with Crippen molar-refractivity contribution in [3.8, 4) is 22.6 Å². The van der Waals surface area contributed by atoms with Crippen LogP contribution in [0.5, 0.6) is 11.5 Å². The number of rotatable bonds is 9. The van der Waals surface area contributed by atoms with E-state index in [1.54, 1.807) is 24.3 Å². The van der Waals surface area contributed by atoms with E-state index in [4.69, 9.17) is 18.9 Å². The van der Waals surface area contributed by atoms with Gasteiger partial charge in [0.25, 0.3) is 0 Å². The van der Waals surface area contributed by atoms with Crippen LogP contribution in [0, 0.1) is 0 Å². The largest absolute Gasteiger partial charge is 0.488 e. The Morgan fingerprint density at radius 2 is 0.932 bits per heavy atom. The normalized spacial score (nSPS) is 10.9. The monoisotopic (exact) mass is 582 g/mol. The molecule has 6 aromatic carbocycles. The van der Waals surface area contributed by atoms with Gasteiger partial charge < -0.3 is 18.9 Å². The Labute approximate surface area is 255 Å². The van der Waals surface area contributed by atoms with Crippen LogP contribution >= 0.6 is 0 Å². The molecule has 0 aliphatic rings. The highest BCUT2D eigenvalue weighted by atomic mass is 16.5. The van der Waals surface area contributed by atoms with Crippen molar-refractivity contribution < 1.29 is 28.5 Å².